The summed E-state index contributed by atoms with van der Waals surface area (Å²) in [4.78, 5) is 20.0. The standard InChI is InChI=1S/C17H15FN4O/c18-14-3-1-13(2-4-14)11-22-8-7-21(12-17(22)23)16-6-5-15(9-19)20-10-16/h1-6,10H,7-8,11-12H2. The minimum Gasteiger partial charge on any atom is -0.359 e. The molecular weight excluding hydrogens is 295 g/mol. The van der Waals surface area contributed by atoms with E-state index in [0.29, 0.717) is 25.3 Å². The monoisotopic (exact) mass is 310 g/mol. The summed E-state index contributed by atoms with van der Waals surface area (Å²) in [7, 11) is 0. The van der Waals surface area contributed by atoms with Gasteiger partial charge >= 0.3 is 0 Å². The molecule has 5 nitrogen and oxygen atoms in total. The summed E-state index contributed by atoms with van der Waals surface area (Å²) < 4.78 is 12.9. The fourth-order valence-corrected chi connectivity index (χ4v) is 2.55. The molecule has 1 saturated heterocycles. The third-order valence-electron chi connectivity index (χ3n) is 3.83. The van der Waals surface area contributed by atoms with Gasteiger partial charge in [-0.25, -0.2) is 9.37 Å². The lowest BCUT2D eigenvalue weighted by atomic mass is 10.2. The predicted octanol–water partition coefficient (Wildman–Crippen LogP) is 1.94. The molecule has 0 atom stereocenters. The number of aromatic nitrogens is 1. The molecule has 1 aromatic heterocycles. The van der Waals surface area contributed by atoms with Gasteiger partial charge in [0.2, 0.25) is 5.91 Å². The van der Waals surface area contributed by atoms with Crippen LogP contribution in [0.4, 0.5) is 10.1 Å². The molecule has 2 aromatic rings. The van der Waals surface area contributed by atoms with Crippen LogP contribution in [-0.2, 0) is 11.3 Å². The van der Waals surface area contributed by atoms with E-state index in [4.69, 9.17) is 5.26 Å². The highest BCUT2D eigenvalue weighted by molar-refractivity contribution is 5.82. The van der Waals surface area contributed by atoms with Crippen molar-refractivity contribution in [2.45, 2.75) is 6.54 Å². The van der Waals surface area contributed by atoms with Crippen molar-refractivity contribution in [1.29, 1.82) is 5.26 Å². The van der Waals surface area contributed by atoms with Crippen molar-refractivity contribution in [3.8, 4) is 6.07 Å². The fraction of sp³-hybridized carbons (Fsp3) is 0.235. The minimum atomic E-state index is -0.279. The molecule has 0 unspecified atom stereocenters. The van der Waals surface area contributed by atoms with Crippen molar-refractivity contribution >= 4 is 11.6 Å². The average Bonchev–Trinajstić information content (AvgIpc) is 2.59. The van der Waals surface area contributed by atoms with Gasteiger partial charge in [0.15, 0.2) is 0 Å². The maximum atomic E-state index is 12.9. The SMILES string of the molecule is N#Cc1ccc(N2CCN(Cc3ccc(F)cc3)C(=O)C2)cn1. The number of rotatable bonds is 3. The van der Waals surface area contributed by atoms with Gasteiger partial charge in [-0.1, -0.05) is 12.1 Å². The molecule has 0 saturated carbocycles. The van der Waals surface area contributed by atoms with Gasteiger partial charge in [-0.3, -0.25) is 4.79 Å². The van der Waals surface area contributed by atoms with Crippen LogP contribution in [0.3, 0.4) is 0 Å². The van der Waals surface area contributed by atoms with Crippen molar-refractivity contribution in [1.82, 2.24) is 9.88 Å². The van der Waals surface area contributed by atoms with Gasteiger partial charge < -0.3 is 9.80 Å². The number of hydrogen-bond acceptors (Lipinski definition) is 4. The van der Waals surface area contributed by atoms with Gasteiger partial charge in [0.25, 0.3) is 0 Å². The second-order valence-electron chi connectivity index (χ2n) is 5.38. The molecule has 23 heavy (non-hydrogen) atoms. The molecule has 0 N–H and O–H groups in total. The topological polar surface area (TPSA) is 60.2 Å². The Hall–Kier alpha value is -2.94. The van der Waals surface area contributed by atoms with E-state index in [2.05, 4.69) is 4.98 Å². The third kappa shape index (κ3) is 3.46. The number of piperazine rings is 1. The molecule has 1 aliphatic rings. The van der Waals surface area contributed by atoms with Gasteiger partial charge in [-0.15, -0.1) is 0 Å². The zero-order chi connectivity index (χ0) is 16.2. The molecule has 1 aliphatic heterocycles. The highest BCUT2D eigenvalue weighted by Crippen LogP contribution is 2.17. The number of nitriles is 1. The van der Waals surface area contributed by atoms with Crippen LogP contribution >= 0.6 is 0 Å². The number of halogens is 1. The summed E-state index contributed by atoms with van der Waals surface area (Å²) in [6.07, 6.45) is 1.61. The molecule has 1 amide bonds. The predicted molar refractivity (Wildman–Crippen MR) is 83.0 cm³/mol. The molecule has 0 radical (unpaired) electrons. The number of pyridine rings is 1. The first-order valence-corrected chi connectivity index (χ1v) is 7.29. The van der Waals surface area contributed by atoms with Crippen LogP contribution in [0.2, 0.25) is 0 Å². The van der Waals surface area contributed by atoms with E-state index in [0.717, 1.165) is 11.3 Å². The molecule has 0 aliphatic carbocycles. The second-order valence-corrected chi connectivity index (χ2v) is 5.38. The van der Waals surface area contributed by atoms with Crippen LogP contribution in [0.25, 0.3) is 0 Å². The van der Waals surface area contributed by atoms with Gasteiger partial charge in [-0.2, -0.15) is 5.26 Å². The van der Waals surface area contributed by atoms with Crippen molar-refractivity contribution in [3.05, 3.63) is 59.7 Å². The number of nitrogens with zero attached hydrogens (tertiary/aromatic N) is 4. The Morgan fingerprint density at radius 1 is 1.17 bits per heavy atom. The molecule has 3 rings (SSSR count). The molecule has 6 heteroatoms. The summed E-state index contributed by atoms with van der Waals surface area (Å²) in [6, 6.07) is 11.6. The lowest BCUT2D eigenvalue weighted by Crippen LogP contribution is -2.50. The Morgan fingerprint density at radius 2 is 1.96 bits per heavy atom. The lowest BCUT2D eigenvalue weighted by molar-refractivity contribution is -0.131. The van der Waals surface area contributed by atoms with E-state index in [1.54, 1.807) is 35.4 Å². The smallest absolute Gasteiger partial charge is 0.242 e. The molecule has 1 aromatic carbocycles. The molecule has 0 spiro atoms. The van der Waals surface area contributed by atoms with E-state index >= 15 is 0 Å². The molecule has 1 fully saturated rings. The maximum absolute atomic E-state index is 12.9. The number of carbonyl (C=O) groups excluding carboxylic acids is 1. The zero-order valence-corrected chi connectivity index (χ0v) is 12.4. The highest BCUT2D eigenvalue weighted by Gasteiger charge is 2.24. The summed E-state index contributed by atoms with van der Waals surface area (Å²) in [5.41, 5.74) is 2.10. The van der Waals surface area contributed by atoms with Crippen LogP contribution in [0.1, 0.15) is 11.3 Å². The number of benzene rings is 1. The van der Waals surface area contributed by atoms with E-state index in [1.165, 1.54) is 12.1 Å². The Kier molecular flexibility index (Phi) is 4.20. The maximum Gasteiger partial charge on any atom is 0.242 e. The van der Waals surface area contributed by atoms with Crippen molar-refractivity contribution in [2.24, 2.45) is 0 Å². The number of hydrogen-bond donors (Lipinski definition) is 0. The fourth-order valence-electron chi connectivity index (χ4n) is 2.55. The zero-order valence-electron chi connectivity index (χ0n) is 12.4. The average molecular weight is 310 g/mol. The summed E-state index contributed by atoms with van der Waals surface area (Å²) in [5, 5.41) is 8.76. The van der Waals surface area contributed by atoms with Gasteiger partial charge in [-0.05, 0) is 29.8 Å². The number of carbonyl (C=O) groups is 1. The normalized spacial score (nSPS) is 14.7. The van der Waals surface area contributed by atoms with E-state index in [1.807, 2.05) is 11.0 Å². The quantitative estimate of drug-likeness (QED) is 0.869. The Bertz CT molecular complexity index is 737. The van der Waals surface area contributed by atoms with Crippen LogP contribution in [0.5, 0.6) is 0 Å². The van der Waals surface area contributed by atoms with Crippen molar-refractivity contribution < 1.29 is 9.18 Å². The first kappa shape index (κ1) is 15.0. The number of amides is 1. The molecule has 0 bridgehead atoms. The van der Waals surface area contributed by atoms with Crippen molar-refractivity contribution in [2.75, 3.05) is 24.5 Å². The van der Waals surface area contributed by atoms with Crippen LogP contribution < -0.4 is 4.90 Å². The molecular formula is C17H15FN4O. The Labute approximate surface area is 133 Å². The molecule has 2 heterocycles. The Morgan fingerprint density at radius 3 is 2.57 bits per heavy atom. The highest BCUT2D eigenvalue weighted by atomic mass is 19.1. The minimum absolute atomic E-state index is 0.0185. The van der Waals surface area contributed by atoms with Gasteiger partial charge in [0.1, 0.15) is 17.6 Å². The molecule has 116 valence electrons. The van der Waals surface area contributed by atoms with Gasteiger partial charge in [0.05, 0.1) is 18.4 Å². The van der Waals surface area contributed by atoms with Crippen LogP contribution in [-0.4, -0.2) is 35.4 Å². The third-order valence-corrected chi connectivity index (χ3v) is 3.83. The summed E-state index contributed by atoms with van der Waals surface area (Å²) in [5.74, 6) is -0.261. The number of anilines is 1. The largest absolute Gasteiger partial charge is 0.359 e. The van der Waals surface area contributed by atoms with E-state index in [9.17, 15) is 9.18 Å². The summed E-state index contributed by atoms with van der Waals surface area (Å²) >= 11 is 0. The Balaban J connectivity index is 1.63. The van der Waals surface area contributed by atoms with E-state index < -0.39 is 0 Å². The first-order chi connectivity index (χ1) is 11.2. The first-order valence-electron chi connectivity index (χ1n) is 7.29. The van der Waals surface area contributed by atoms with Crippen molar-refractivity contribution in [3.63, 3.8) is 0 Å². The van der Waals surface area contributed by atoms with Crippen LogP contribution in [0.15, 0.2) is 42.6 Å². The second kappa shape index (κ2) is 6.44. The van der Waals surface area contributed by atoms with Gasteiger partial charge in [0, 0.05) is 19.6 Å². The lowest BCUT2D eigenvalue weighted by Gasteiger charge is -2.35. The summed E-state index contributed by atoms with van der Waals surface area (Å²) in [6.45, 7) is 2.05. The van der Waals surface area contributed by atoms with Crippen LogP contribution in [0, 0.1) is 17.1 Å². The van der Waals surface area contributed by atoms with E-state index in [-0.39, 0.29) is 18.3 Å².